The minimum atomic E-state index is -0.774. The topological polar surface area (TPSA) is 65.1 Å². The number of carbonyl (C=O) groups is 2. The molecule has 0 aromatic heterocycles. The van der Waals surface area contributed by atoms with Gasteiger partial charge in [0, 0.05) is 0 Å². The van der Waals surface area contributed by atoms with E-state index < -0.39 is 17.8 Å². The molecule has 8 heteroatoms. The Morgan fingerprint density at radius 2 is 1.95 bits per heavy atom. The summed E-state index contributed by atoms with van der Waals surface area (Å²) in [6.45, 7) is -0.214. The number of carbonyl (C=O) groups excluding carboxylic acids is 2. The lowest BCUT2D eigenvalue weighted by atomic mass is 10.1. The molecule has 0 saturated heterocycles. The van der Waals surface area contributed by atoms with Crippen LogP contribution in [-0.2, 0) is 23.8 Å². The quantitative estimate of drug-likeness (QED) is 0.789. The van der Waals surface area contributed by atoms with Crippen LogP contribution < -0.4 is 4.90 Å². The highest BCUT2D eigenvalue weighted by atomic mass is 35.5. The summed E-state index contributed by atoms with van der Waals surface area (Å²) in [6, 6.07) is 3.65. The Labute approximate surface area is 131 Å². The minimum Gasteiger partial charge on any atom is -0.466 e. The molecule has 118 valence electrons. The number of nitrogens with zero attached hydrogens (tertiary/aromatic N) is 1. The molecule has 0 radical (unpaired) electrons. The third kappa shape index (κ3) is 3.05. The maximum atomic E-state index is 13.5. The normalized spacial score (nSPS) is 14.8. The second-order valence-electron chi connectivity index (χ2n) is 4.31. The molecule has 1 aliphatic rings. The van der Waals surface area contributed by atoms with Gasteiger partial charge in [0.1, 0.15) is 18.2 Å². The first-order chi connectivity index (χ1) is 10.5. The number of ether oxygens (including phenoxy) is 3. The van der Waals surface area contributed by atoms with E-state index in [4.69, 9.17) is 21.1 Å². The van der Waals surface area contributed by atoms with Gasteiger partial charge in [-0.1, -0.05) is 11.6 Å². The van der Waals surface area contributed by atoms with E-state index in [1.165, 1.54) is 31.3 Å². The molecule has 1 aliphatic heterocycles. The highest BCUT2D eigenvalue weighted by molar-refractivity contribution is 6.33. The predicted octanol–water partition coefficient (Wildman–Crippen LogP) is 1.87. The fourth-order valence-electron chi connectivity index (χ4n) is 2.03. The molecule has 0 saturated carbocycles. The van der Waals surface area contributed by atoms with E-state index in [0.29, 0.717) is 0 Å². The van der Waals surface area contributed by atoms with Gasteiger partial charge < -0.3 is 19.1 Å². The average molecular weight is 330 g/mol. The van der Waals surface area contributed by atoms with Crippen molar-refractivity contribution in [1.29, 1.82) is 0 Å². The van der Waals surface area contributed by atoms with Gasteiger partial charge in [0.05, 0.1) is 37.1 Å². The van der Waals surface area contributed by atoms with Crippen molar-refractivity contribution in [3.63, 3.8) is 0 Å². The number of halogens is 2. The van der Waals surface area contributed by atoms with Crippen molar-refractivity contribution in [2.75, 3.05) is 32.5 Å². The van der Waals surface area contributed by atoms with Gasteiger partial charge in [-0.3, -0.25) is 0 Å². The Morgan fingerprint density at radius 1 is 1.27 bits per heavy atom. The fourth-order valence-corrected chi connectivity index (χ4v) is 2.25. The van der Waals surface area contributed by atoms with Gasteiger partial charge in [-0.25, -0.2) is 14.0 Å². The van der Waals surface area contributed by atoms with E-state index in [1.807, 2.05) is 0 Å². The zero-order valence-corrected chi connectivity index (χ0v) is 12.6. The van der Waals surface area contributed by atoms with Crippen LogP contribution in [-0.4, -0.2) is 39.5 Å². The van der Waals surface area contributed by atoms with Gasteiger partial charge in [-0.15, -0.1) is 0 Å². The smallest absolute Gasteiger partial charge is 0.355 e. The second-order valence-corrected chi connectivity index (χ2v) is 4.72. The van der Waals surface area contributed by atoms with E-state index in [9.17, 15) is 14.0 Å². The van der Waals surface area contributed by atoms with Crippen LogP contribution in [0.4, 0.5) is 10.1 Å². The molecule has 6 nitrogen and oxygen atoms in total. The first-order valence-electron chi connectivity index (χ1n) is 6.19. The fraction of sp³-hybridized carbons (Fsp3) is 0.286. The van der Waals surface area contributed by atoms with Crippen molar-refractivity contribution in [1.82, 2.24) is 0 Å². The monoisotopic (exact) mass is 329 g/mol. The first-order valence-corrected chi connectivity index (χ1v) is 6.57. The molecular weight excluding hydrogens is 317 g/mol. The second kappa shape index (κ2) is 6.76. The molecule has 0 fully saturated rings. The Morgan fingerprint density at radius 3 is 2.59 bits per heavy atom. The third-order valence-corrected chi connectivity index (χ3v) is 3.35. The van der Waals surface area contributed by atoms with Crippen LogP contribution in [0.25, 0.3) is 0 Å². The summed E-state index contributed by atoms with van der Waals surface area (Å²) in [7, 11) is 2.35. The van der Waals surface area contributed by atoms with Crippen molar-refractivity contribution in [2.45, 2.75) is 0 Å². The van der Waals surface area contributed by atoms with E-state index in [2.05, 4.69) is 4.74 Å². The summed E-state index contributed by atoms with van der Waals surface area (Å²) in [5, 5.41) is 0.192. The lowest BCUT2D eigenvalue weighted by Gasteiger charge is -2.31. The van der Waals surface area contributed by atoms with Gasteiger partial charge in [0.2, 0.25) is 0 Å². The molecule has 0 aliphatic carbocycles. The van der Waals surface area contributed by atoms with Crippen LogP contribution >= 0.6 is 11.6 Å². The molecule has 22 heavy (non-hydrogen) atoms. The number of rotatable bonds is 3. The molecule has 0 spiro atoms. The Balaban J connectivity index is 2.60. The summed E-state index contributed by atoms with van der Waals surface area (Å²) in [5.74, 6) is -2.06. The SMILES string of the molecule is COC(=O)C1=C(C(=O)OC)N(c2cc(F)ccc2Cl)COC1. The number of esters is 2. The van der Waals surface area contributed by atoms with Crippen molar-refractivity contribution in [3.05, 3.63) is 40.3 Å². The molecule has 0 bridgehead atoms. The maximum absolute atomic E-state index is 13.5. The van der Waals surface area contributed by atoms with Crippen molar-refractivity contribution in [3.8, 4) is 0 Å². The van der Waals surface area contributed by atoms with Gasteiger partial charge in [0.25, 0.3) is 0 Å². The molecule has 1 heterocycles. The molecule has 0 amide bonds. The number of benzene rings is 1. The number of hydrogen-bond donors (Lipinski definition) is 0. The van der Waals surface area contributed by atoms with Gasteiger partial charge in [-0.05, 0) is 18.2 Å². The molecule has 0 unspecified atom stereocenters. The van der Waals surface area contributed by atoms with Crippen LogP contribution in [0.5, 0.6) is 0 Å². The highest BCUT2D eigenvalue weighted by Gasteiger charge is 2.33. The van der Waals surface area contributed by atoms with Gasteiger partial charge in [0.15, 0.2) is 0 Å². The third-order valence-electron chi connectivity index (χ3n) is 3.03. The summed E-state index contributed by atoms with van der Waals surface area (Å²) in [6.07, 6.45) is 0. The molecular formula is C14H13ClFNO5. The summed E-state index contributed by atoms with van der Waals surface area (Å²) >= 11 is 6.05. The van der Waals surface area contributed by atoms with Crippen molar-refractivity contribution >= 4 is 29.2 Å². The van der Waals surface area contributed by atoms with Crippen LogP contribution in [0, 0.1) is 5.82 Å². The predicted molar refractivity (Wildman–Crippen MR) is 75.8 cm³/mol. The Bertz CT molecular complexity index is 646. The Hall–Kier alpha value is -2.12. The van der Waals surface area contributed by atoms with Gasteiger partial charge >= 0.3 is 11.9 Å². The Kier molecular flexibility index (Phi) is 4.99. The van der Waals surface area contributed by atoms with Crippen molar-refractivity contribution in [2.24, 2.45) is 0 Å². The summed E-state index contributed by atoms with van der Waals surface area (Å²) in [5.41, 5.74) is 0.0668. The van der Waals surface area contributed by atoms with Crippen LogP contribution in [0.1, 0.15) is 0 Å². The average Bonchev–Trinajstić information content (AvgIpc) is 2.54. The molecule has 1 aromatic carbocycles. The van der Waals surface area contributed by atoms with E-state index in [-0.39, 0.29) is 35.3 Å². The molecule has 0 N–H and O–H groups in total. The number of anilines is 1. The van der Waals surface area contributed by atoms with E-state index in [0.717, 1.165) is 6.07 Å². The summed E-state index contributed by atoms with van der Waals surface area (Å²) < 4.78 is 28.1. The lowest BCUT2D eigenvalue weighted by Crippen LogP contribution is -2.39. The standard InChI is InChI=1S/C14H13ClFNO5/c1-20-13(18)9-6-22-7-17(12(9)14(19)21-2)11-5-8(16)3-4-10(11)15/h3-5H,6-7H2,1-2H3. The molecule has 1 aromatic rings. The maximum Gasteiger partial charge on any atom is 0.355 e. The number of methoxy groups -OCH3 is 2. The van der Waals surface area contributed by atoms with E-state index in [1.54, 1.807) is 0 Å². The number of hydrogen-bond acceptors (Lipinski definition) is 6. The molecule has 2 rings (SSSR count). The van der Waals surface area contributed by atoms with Gasteiger partial charge in [-0.2, -0.15) is 0 Å². The highest BCUT2D eigenvalue weighted by Crippen LogP contribution is 2.32. The van der Waals surface area contributed by atoms with Crippen molar-refractivity contribution < 1.29 is 28.2 Å². The largest absolute Gasteiger partial charge is 0.466 e. The van der Waals surface area contributed by atoms with Crippen LogP contribution in [0.3, 0.4) is 0 Å². The molecule has 0 atom stereocenters. The lowest BCUT2D eigenvalue weighted by molar-refractivity contribution is -0.140. The zero-order chi connectivity index (χ0) is 16.3. The summed E-state index contributed by atoms with van der Waals surface area (Å²) in [4.78, 5) is 25.2. The zero-order valence-electron chi connectivity index (χ0n) is 11.9. The first kappa shape index (κ1) is 16.3. The van der Waals surface area contributed by atoms with Crippen LogP contribution in [0.15, 0.2) is 29.5 Å². The van der Waals surface area contributed by atoms with Crippen LogP contribution in [0.2, 0.25) is 5.02 Å². The van der Waals surface area contributed by atoms with E-state index >= 15 is 0 Å². The minimum absolute atomic E-state index is 0.0269.